The normalized spacial score (nSPS) is 22.8. The van der Waals surface area contributed by atoms with E-state index in [9.17, 15) is 8.42 Å². The third kappa shape index (κ3) is 2.23. The Morgan fingerprint density at radius 3 is 2.88 bits per heavy atom. The van der Waals surface area contributed by atoms with Gasteiger partial charge < -0.3 is 5.73 Å². The molecule has 1 aromatic heterocycles. The molecule has 2 rings (SSSR count). The standard InChI is InChI=1S/C8H15N5O2S/c1-16(14,15)12-3-2-8(6-12)13-5-7(4-9)10-11-13/h5,8H,2-4,6,9H2,1H3. The summed E-state index contributed by atoms with van der Waals surface area (Å²) in [7, 11) is -3.10. The SMILES string of the molecule is CS(=O)(=O)N1CCC(n2cc(CN)nn2)C1. The highest BCUT2D eigenvalue weighted by Gasteiger charge is 2.30. The summed E-state index contributed by atoms with van der Waals surface area (Å²) in [5.41, 5.74) is 6.16. The van der Waals surface area contributed by atoms with Gasteiger partial charge in [-0.2, -0.15) is 4.31 Å². The molecule has 1 aliphatic heterocycles. The highest BCUT2D eigenvalue weighted by molar-refractivity contribution is 7.88. The van der Waals surface area contributed by atoms with E-state index in [0.717, 1.165) is 12.1 Å². The topological polar surface area (TPSA) is 94.1 Å². The van der Waals surface area contributed by atoms with E-state index < -0.39 is 10.0 Å². The number of nitrogens with two attached hydrogens (primary N) is 1. The Hall–Kier alpha value is -0.990. The quantitative estimate of drug-likeness (QED) is 0.732. The number of rotatable bonds is 3. The van der Waals surface area contributed by atoms with Crippen LogP contribution >= 0.6 is 0 Å². The molecular weight excluding hydrogens is 230 g/mol. The molecule has 0 aromatic carbocycles. The van der Waals surface area contributed by atoms with Gasteiger partial charge in [0.05, 0.1) is 24.2 Å². The molecule has 0 bridgehead atoms. The van der Waals surface area contributed by atoms with E-state index in [4.69, 9.17) is 5.73 Å². The minimum absolute atomic E-state index is 0.0718. The van der Waals surface area contributed by atoms with Crippen molar-refractivity contribution in [1.29, 1.82) is 0 Å². The van der Waals surface area contributed by atoms with Crippen LogP contribution in [0, 0.1) is 0 Å². The summed E-state index contributed by atoms with van der Waals surface area (Å²) >= 11 is 0. The van der Waals surface area contributed by atoms with Crippen molar-refractivity contribution in [2.24, 2.45) is 5.73 Å². The molecule has 90 valence electrons. The maximum absolute atomic E-state index is 11.3. The first-order valence-corrected chi connectivity index (χ1v) is 6.91. The van der Waals surface area contributed by atoms with Gasteiger partial charge in [-0.1, -0.05) is 5.21 Å². The molecule has 0 aliphatic carbocycles. The van der Waals surface area contributed by atoms with Crippen LogP contribution in [0.2, 0.25) is 0 Å². The van der Waals surface area contributed by atoms with Gasteiger partial charge in [0.15, 0.2) is 0 Å². The summed E-state index contributed by atoms with van der Waals surface area (Å²) in [4.78, 5) is 0. The lowest BCUT2D eigenvalue weighted by atomic mass is 10.3. The van der Waals surface area contributed by atoms with E-state index in [1.54, 1.807) is 10.9 Å². The number of sulfonamides is 1. The van der Waals surface area contributed by atoms with Crippen molar-refractivity contribution in [3.8, 4) is 0 Å². The lowest BCUT2D eigenvalue weighted by Crippen LogP contribution is -2.28. The Morgan fingerprint density at radius 1 is 1.62 bits per heavy atom. The van der Waals surface area contributed by atoms with E-state index in [2.05, 4.69) is 10.3 Å². The number of hydrogen-bond donors (Lipinski definition) is 1. The fourth-order valence-electron chi connectivity index (χ4n) is 1.81. The highest BCUT2D eigenvalue weighted by Crippen LogP contribution is 2.22. The highest BCUT2D eigenvalue weighted by atomic mass is 32.2. The van der Waals surface area contributed by atoms with Gasteiger partial charge in [-0.3, -0.25) is 0 Å². The second kappa shape index (κ2) is 4.11. The fraction of sp³-hybridized carbons (Fsp3) is 0.750. The van der Waals surface area contributed by atoms with E-state index in [0.29, 0.717) is 19.6 Å². The average Bonchev–Trinajstić information content (AvgIpc) is 2.85. The van der Waals surface area contributed by atoms with Gasteiger partial charge in [0, 0.05) is 19.6 Å². The van der Waals surface area contributed by atoms with Gasteiger partial charge in [-0.15, -0.1) is 5.10 Å². The van der Waals surface area contributed by atoms with Crippen LogP contribution in [0.5, 0.6) is 0 Å². The van der Waals surface area contributed by atoms with Crippen LogP contribution in [0.15, 0.2) is 6.20 Å². The largest absolute Gasteiger partial charge is 0.325 e. The van der Waals surface area contributed by atoms with E-state index in [-0.39, 0.29) is 6.04 Å². The van der Waals surface area contributed by atoms with Crippen LogP contribution in [0.3, 0.4) is 0 Å². The van der Waals surface area contributed by atoms with Crippen molar-refractivity contribution >= 4 is 10.0 Å². The zero-order valence-electron chi connectivity index (χ0n) is 9.07. The van der Waals surface area contributed by atoms with Crippen LogP contribution in [-0.4, -0.2) is 47.1 Å². The molecule has 0 spiro atoms. The fourth-order valence-corrected chi connectivity index (χ4v) is 2.69. The maximum Gasteiger partial charge on any atom is 0.211 e. The first kappa shape index (κ1) is 11.5. The second-order valence-corrected chi connectivity index (χ2v) is 5.94. The first-order chi connectivity index (χ1) is 7.50. The minimum atomic E-state index is -3.10. The molecule has 0 saturated carbocycles. The summed E-state index contributed by atoms with van der Waals surface area (Å²) in [5.74, 6) is 0. The zero-order valence-corrected chi connectivity index (χ0v) is 9.89. The van der Waals surface area contributed by atoms with E-state index in [1.807, 2.05) is 0 Å². The smallest absolute Gasteiger partial charge is 0.211 e. The molecule has 1 aromatic rings. The summed E-state index contributed by atoms with van der Waals surface area (Å²) in [6.07, 6.45) is 3.76. The predicted molar refractivity (Wildman–Crippen MR) is 58.0 cm³/mol. The van der Waals surface area contributed by atoms with Crippen molar-refractivity contribution in [2.75, 3.05) is 19.3 Å². The molecule has 2 N–H and O–H groups in total. The van der Waals surface area contributed by atoms with Gasteiger partial charge in [0.1, 0.15) is 0 Å². The summed E-state index contributed by atoms with van der Waals surface area (Å²) < 4.78 is 25.8. The van der Waals surface area contributed by atoms with Crippen molar-refractivity contribution < 1.29 is 8.42 Å². The van der Waals surface area contributed by atoms with Gasteiger partial charge in [-0.25, -0.2) is 13.1 Å². The lowest BCUT2D eigenvalue weighted by molar-refractivity contribution is 0.431. The van der Waals surface area contributed by atoms with E-state index in [1.165, 1.54) is 10.6 Å². The molecule has 0 radical (unpaired) electrons. The summed E-state index contributed by atoms with van der Waals surface area (Å²) in [6, 6.07) is 0.0718. The van der Waals surface area contributed by atoms with Crippen LogP contribution in [-0.2, 0) is 16.6 Å². The Morgan fingerprint density at radius 2 is 2.38 bits per heavy atom. The molecule has 1 unspecified atom stereocenters. The maximum atomic E-state index is 11.3. The second-order valence-electron chi connectivity index (χ2n) is 3.96. The lowest BCUT2D eigenvalue weighted by Gasteiger charge is -2.12. The molecule has 7 nitrogen and oxygen atoms in total. The van der Waals surface area contributed by atoms with Gasteiger partial charge in [0.2, 0.25) is 10.0 Å². The molecular formula is C8H15N5O2S. The van der Waals surface area contributed by atoms with Crippen molar-refractivity contribution in [3.05, 3.63) is 11.9 Å². The first-order valence-electron chi connectivity index (χ1n) is 5.06. The molecule has 16 heavy (non-hydrogen) atoms. The summed E-state index contributed by atoms with van der Waals surface area (Å²) in [5, 5.41) is 7.84. The molecule has 1 fully saturated rings. The molecule has 8 heteroatoms. The average molecular weight is 245 g/mol. The van der Waals surface area contributed by atoms with Crippen molar-refractivity contribution in [3.63, 3.8) is 0 Å². The third-order valence-electron chi connectivity index (χ3n) is 2.74. The Kier molecular flexibility index (Phi) is 2.96. The predicted octanol–water partition coefficient (Wildman–Crippen LogP) is -1.06. The number of nitrogens with zero attached hydrogens (tertiary/aromatic N) is 4. The Balaban J connectivity index is 2.09. The number of hydrogen-bond acceptors (Lipinski definition) is 5. The molecule has 2 heterocycles. The van der Waals surface area contributed by atoms with Crippen molar-refractivity contribution in [2.45, 2.75) is 19.0 Å². The van der Waals surface area contributed by atoms with Crippen molar-refractivity contribution in [1.82, 2.24) is 19.3 Å². The molecule has 1 saturated heterocycles. The molecule has 1 aliphatic rings. The van der Waals surface area contributed by atoms with Crippen LogP contribution in [0.4, 0.5) is 0 Å². The Bertz CT molecular complexity index is 469. The van der Waals surface area contributed by atoms with Crippen LogP contribution in [0.1, 0.15) is 18.2 Å². The van der Waals surface area contributed by atoms with Gasteiger partial charge >= 0.3 is 0 Å². The van der Waals surface area contributed by atoms with E-state index >= 15 is 0 Å². The third-order valence-corrected chi connectivity index (χ3v) is 4.01. The van der Waals surface area contributed by atoms with Gasteiger partial charge in [-0.05, 0) is 6.42 Å². The monoisotopic (exact) mass is 245 g/mol. The number of aromatic nitrogens is 3. The van der Waals surface area contributed by atoms with Gasteiger partial charge in [0.25, 0.3) is 0 Å². The Labute approximate surface area is 94.3 Å². The van der Waals surface area contributed by atoms with Crippen LogP contribution < -0.4 is 5.73 Å². The zero-order chi connectivity index (χ0) is 11.8. The minimum Gasteiger partial charge on any atom is -0.325 e. The molecule has 0 amide bonds. The van der Waals surface area contributed by atoms with Crippen LogP contribution in [0.25, 0.3) is 0 Å². The molecule has 1 atom stereocenters. The summed E-state index contributed by atoms with van der Waals surface area (Å²) in [6.45, 7) is 1.36.